The topological polar surface area (TPSA) is 71.1 Å². The summed E-state index contributed by atoms with van der Waals surface area (Å²) in [5, 5.41) is 2.93. The fourth-order valence-corrected chi connectivity index (χ4v) is 4.49. The van der Waals surface area contributed by atoms with E-state index in [1.165, 1.54) is 11.1 Å². The van der Waals surface area contributed by atoms with Crippen molar-refractivity contribution >= 4 is 11.8 Å². The molecule has 2 heterocycles. The first kappa shape index (κ1) is 22.1. The van der Waals surface area contributed by atoms with Gasteiger partial charge in [-0.2, -0.15) is 0 Å². The van der Waals surface area contributed by atoms with Crippen LogP contribution in [0.2, 0.25) is 0 Å². The average Bonchev–Trinajstić information content (AvgIpc) is 2.81. The Morgan fingerprint density at radius 3 is 2.44 bits per heavy atom. The second-order valence-electron chi connectivity index (χ2n) is 8.51. The van der Waals surface area contributed by atoms with Gasteiger partial charge >= 0.3 is 0 Å². The van der Waals surface area contributed by atoms with Crippen LogP contribution < -0.4 is 14.8 Å². The molecule has 2 amide bonds. The van der Waals surface area contributed by atoms with Crippen LogP contribution in [0.25, 0.3) is 0 Å². The molecular formula is C25H31N3O4. The molecule has 0 aliphatic carbocycles. The number of aryl methyl sites for hydroxylation is 1. The SMILES string of the molecule is COc1cc2c(cc1OC)CN(C(=O)CC1C(=O)NCCN1Cc1ccc(C)cc1)CC2. The Kier molecular flexibility index (Phi) is 6.65. The molecule has 170 valence electrons. The van der Waals surface area contributed by atoms with Gasteiger partial charge in [-0.1, -0.05) is 29.8 Å². The van der Waals surface area contributed by atoms with Gasteiger partial charge in [0.15, 0.2) is 11.5 Å². The number of rotatable bonds is 6. The maximum absolute atomic E-state index is 13.2. The van der Waals surface area contributed by atoms with Gasteiger partial charge < -0.3 is 19.7 Å². The van der Waals surface area contributed by atoms with Crippen LogP contribution in [0.1, 0.15) is 28.7 Å². The van der Waals surface area contributed by atoms with Crippen LogP contribution in [0.5, 0.6) is 11.5 Å². The van der Waals surface area contributed by atoms with E-state index in [0.29, 0.717) is 37.7 Å². The van der Waals surface area contributed by atoms with Gasteiger partial charge in [0.1, 0.15) is 0 Å². The summed E-state index contributed by atoms with van der Waals surface area (Å²) < 4.78 is 10.8. The Labute approximate surface area is 189 Å². The quantitative estimate of drug-likeness (QED) is 0.751. The van der Waals surface area contributed by atoms with Gasteiger partial charge in [0.2, 0.25) is 11.8 Å². The molecule has 1 fully saturated rings. The standard InChI is InChI=1S/C25H31N3O4/c1-17-4-6-18(7-5-17)15-27-11-9-26-25(30)21(27)14-24(29)28-10-8-19-12-22(31-2)23(32-3)13-20(19)16-28/h4-7,12-13,21H,8-11,14-16H2,1-3H3,(H,26,30). The second-order valence-corrected chi connectivity index (χ2v) is 8.51. The van der Waals surface area contributed by atoms with Crippen molar-refractivity contribution in [2.24, 2.45) is 0 Å². The molecule has 2 aliphatic heterocycles. The molecule has 7 nitrogen and oxygen atoms in total. The van der Waals surface area contributed by atoms with E-state index >= 15 is 0 Å². The molecular weight excluding hydrogens is 406 g/mol. The van der Waals surface area contributed by atoms with Crippen molar-refractivity contribution in [3.05, 3.63) is 58.7 Å². The van der Waals surface area contributed by atoms with Gasteiger partial charge in [-0.05, 0) is 42.2 Å². The summed E-state index contributed by atoms with van der Waals surface area (Å²) in [6.07, 6.45) is 0.936. The van der Waals surface area contributed by atoms with Gasteiger partial charge in [0.25, 0.3) is 0 Å². The predicted octanol–water partition coefficient (Wildman–Crippen LogP) is 2.29. The molecule has 0 saturated carbocycles. The van der Waals surface area contributed by atoms with Gasteiger partial charge in [-0.25, -0.2) is 0 Å². The molecule has 32 heavy (non-hydrogen) atoms. The lowest BCUT2D eigenvalue weighted by molar-refractivity contribution is -0.139. The number of hydrogen-bond donors (Lipinski definition) is 1. The smallest absolute Gasteiger partial charge is 0.237 e. The van der Waals surface area contributed by atoms with Crippen molar-refractivity contribution in [1.82, 2.24) is 15.1 Å². The molecule has 0 bridgehead atoms. The van der Waals surface area contributed by atoms with E-state index in [-0.39, 0.29) is 18.2 Å². The number of nitrogens with one attached hydrogen (secondary N) is 1. The molecule has 1 atom stereocenters. The highest BCUT2D eigenvalue weighted by Crippen LogP contribution is 2.33. The number of ether oxygens (including phenoxy) is 2. The molecule has 7 heteroatoms. The highest BCUT2D eigenvalue weighted by atomic mass is 16.5. The van der Waals surface area contributed by atoms with Crippen molar-refractivity contribution in [3.8, 4) is 11.5 Å². The van der Waals surface area contributed by atoms with E-state index in [2.05, 4.69) is 41.4 Å². The summed E-state index contributed by atoms with van der Waals surface area (Å²) in [4.78, 5) is 29.8. The molecule has 2 aliphatic rings. The number of amides is 2. The van der Waals surface area contributed by atoms with Crippen LogP contribution in [0, 0.1) is 6.92 Å². The molecule has 0 radical (unpaired) electrons. The minimum atomic E-state index is -0.454. The van der Waals surface area contributed by atoms with Crippen molar-refractivity contribution < 1.29 is 19.1 Å². The second kappa shape index (κ2) is 9.61. The number of nitrogens with zero attached hydrogens (tertiary/aromatic N) is 2. The van der Waals surface area contributed by atoms with Crippen LogP contribution in [0.4, 0.5) is 0 Å². The maximum atomic E-state index is 13.2. The number of carbonyl (C=O) groups excluding carboxylic acids is 2. The van der Waals surface area contributed by atoms with E-state index in [1.54, 1.807) is 14.2 Å². The minimum absolute atomic E-state index is 0.00129. The summed E-state index contributed by atoms with van der Waals surface area (Å²) in [6, 6.07) is 11.8. The van der Waals surface area contributed by atoms with Gasteiger partial charge in [-0.15, -0.1) is 0 Å². The largest absolute Gasteiger partial charge is 0.493 e. The molecule has 0 aromatic heterocycles. The number of piperazine rings is 1. The summed E-state index contributed by atoms with van der Waals surface area (Å²) in [6.45, 7) is 5.20. The van der Waals surface area contributed by atoms with Crippen LogP contribution in [-0.4, -0.2) is 61.5 Å². The van der Waals surface area contributed by atoms with Crippen molar-refractivity contribution in [1.29, 1.82) is 0 Å². The summed E-state index contributed by atoms with van der Waals surface area (Å²) in [7, 11) is 3.24. The molecule has 1 N–H and O–H groups in total. The van der Waals surface area contributed by atoms with Crippen molar-refractivity contribution in [3.63, 3.8) is 0 Å². The van der Waals surface area contributed by atoms with E-state index in [9.17, 15) is 9.59 Å². The van der Waals surface area contributed by atoms with E-state index in [4.69, 9.17) is 9.47 Å². The van der Waals surface area contributed by atoms with Crippen LogP contribution in [-0.2, 0) is 29.1 Å². The zero-order valence-electron chi connectivity index (χ0n) is 19.0. The zero-order valence-corrected chi connectivity index (χ0v) is 19.0. The van der Waals surface area contributed by atoms with Crippen LogP contribution >= 0.6 is 0 Å². The maximum Gasteiger partial charge on any atom is 0.237 e. The number of methoxy groups -OCH3 is 2. The summed E-state index contributed by atoms with van der Waals surface area (Å²) in [5.74, 6) is 1.30. The van der Waals surface area contributed by atoms with E-state index in [1.807, 2.05) is 17.0 Å². The van der Waals surface area contributed by atoms with E-state index in [0.717, 1.165) is 24.1 Å². The molecule has 1 saturated heterocycles. The molecule has 2 aromatic carbocycles. The van der Waals surface area contributed by atoms with Gasteiger partial charge in [0.05, 0.1) is 26.7 Å². The van der Waals surface area contributed by atoms with E-state index < -0.39 is 6.04 Å². The normalized spacial score (nSPS) is 18.7. The first-order chi connectivity index (χ1) is 15.5. The Morgan fingerprint density at radius 1 is 1.06 bits per heavy atom. The van der Waals surface area contributed by atoms with Gasteiger partial charge in [0, 0.05) is 32.7 Å². The molecule has 2 aromatic rings. The number of hydrogen-bond acceptors (Lipinski definition) is 5. The number of fused-ring (bicyclic) bond motifs is 1. The van der Waals surface area contributed by atoms with Crippen molar-refractivity contribution in [2.45, 2.75) is 38.9 Å². The molecule has 4 rings (SSSR count). The van der Waals surface area contributed by atoms with Crippen LogP contribution in [0.3, 0.4) is 0 Å². The predicted molar refractivity (Wildman–Crippen MR) is 122 cm³/mol. The lowest BCUT2D eigenvalue weighted by Gasteiger charge is -2.36. The first-order valence-electron chi connectivity index (χ1n) is 11.1. The Hall–Kier alpha value is -3.06. The third-order valence-electron chi connectivity index (χ3n) is 6.39. The number of carbonyl (C=O) groups is 2. The Bertz CT molecular complexity index is 989. The third-order valence-corrected chi connectivity index (χ3v) is 6.39. The average molecular weight is 438 g/mol. The lowest BCUT2D eigenvalue weighted by Crippen LogP contribution is -2.56. The van der Waals surface area contributed by atoms with Gasteiger partial charge in [-0.3, -0.25) is 14.5 Å². The summed E-state index contributed by atoms with van der Waals surface area (Å²) >= 11 is 0. The third kappa shape index (κ3) is 4.72. The first-order valence-corrected chi connectivity index (χ1v) is 11.1. The minimum Gasteiger partial charge on any atom is -0.493 e. The Morgan fingerprint density at radius 2 is 1.75 bits per heavy atom. The molecule has 1 unspecified atom stereocenters. The fourth-order valence-electron chi connectivity index (χ4n) is 4.49. The lowest BCUT2D eigenvalue weighted by atomic mass is 9.97. The monoisotopic (exact) mass is 437 g/mol. The number of benzene rings is 2. The van der Waals surface area contributed by atoms with Crippen molar-refractivity contribution in [2.75, 3.05) is 33.9 Å². The highest BCUT2D eigenvalue weighted by molar-refractivity contribution is 5.89. The summed E-state index contributed by atoms with van der Waals surface area (Å²) in [5.41, 5.74) is 4.59. The Balaban J connectivity index is 1.45. The zero-order chi connectivity index (χ0) is 22.7. The highest BCUT2D eigenvalue weighted by Gasteiger charge is 2.33. The fraction of sp³-hybridized carbons (Fsp3) is 0.440. The molecule has 0 spiro atoms. The van der Waals surface area contributed by atoms with Crippen LogP contribution in [0.15, 0.2) is 36.4 Å².